The summed E-state index contributed by atoms with van der Waals surface area (Å²) in [5.74, 6) is 1.79. The number of benzene rings is 1. The van der Waals surface area contributed by atoms with E-state index in [0.29, 0.717) is 11.7 Å². The molecule has 1 aromatic carbocycles. The summed E-state index contributed by atoms with van der Waals surface area (Å²) in [6, 6.07) is 11.5. The Bertz CT molecular complexity index is 697. The molecule has 6 heteroatoms. The Labute approximate surface area is 172 Å². The number of rotatable bonds is 7. The molecule has 2 aromatic rings. The summed E-state index contributed by atoms with van der Waals surface area (Å²) in [7, 11) is 0. The van der Waals surface area contributed by atoms with Crippen molar-refractivity contribution >= 4 is 34.6 Å². The highest BCUT2D eigenvalue weighted by Gasteiger charge is 2.17. The number of furan rings is 1. The molecule has 0 atom stereocenters. The Hall–Kier alpha value is -1.56. The minimum atomic E-state index is 0.670. The van der Waals surface area contributed by atoms with Crippen LogP contribution in [-0.4, -0.2) is 41.1 Å². The lowest BCUT2D eigenvalue weighted by Crippen LogP contribution is -2.38. The average Bonchev–Trinajstić information content (AvgIpc) is 3.17. The molecule has 2 heterocycles. The summed E-state index contributed by atoms with van der Waals surface area (Å²) in [4.78, 5) is 4.75. The van der Waals surface area contributed by atoms with Crippen LogP contribution in [0.25, 0.3) is 0 Å². The molecule has 4 nitrogen and oxygen atoms in total. The summed E-state index contributed by atoms with van der Waals surface area (Å²) in [5, 5.41) is 4.75. The molecule has 1 saturated heterocycles. The first-order valence-electron chi connectivity index (χ1n) is 9.66. The van der Waals surface area contributed by atoms with E-state index in [1.807, 2.05) is 36.4 Å². The quantitative estimate of drug-likeness (QED) is 0.635. The molecule has 1 fully saturated rings. The van der Waals surface area contributed by atoms with Gasteiger partial charge < -0.3 is 19.5 Å². The molecule has 0 spiro atoms. The lowest BCUT2D eigenvalue weighted by atomic mass is 9.99. The Morgan fingerprint density at radius 1 is 1.26 bits per heavy atom. The van der Waals surface area contributed by atoms with Crippen LogP contribution in [0.2, 0.25) is 5.02 Å². The van der Waals surface area contributed by atoms with Gasteiger partial charge in [0, 0.05) is 17.3 Å². The first kappa shape index (κ1) is 20.2. The number of halogens is 1. The Morgan fingerprint density at radius 3 is 2.67 bits per heavy atom. The van der Waals surface area contributed by atoms with Gasteiger partial charge in [-0.25, -0.2) is 0 Å². The smallest absolute Gasteiger partial charge is 0.173 e. The standard InChI is InChI=1S/C21H28ClN3OS/c1-17-9-13-24(14-10-17)11-3-12-25(16-20-4-2-15-26-20)21(27)23-19-7-5-18(22)6-8-19/h2,4-8,15,17H,3,9-14,16H2,1H3,(H,23,27). The Balaban J connectivity index is 1.54. The normalized spacial score (nSPS) is 15.6. The summed E-state index contributed by atoms with van der Waals surface area (Å²) in [6.45, 7) is 7.46. The van der Waals surface area contributed by atoms with Crippen molar-refractivity contribution in [2.24, 2.45) is 5.92 Å². The highest BCUT2D eigenvalue weighted by atomic mass is 35.5. The van der Waals surface area contributed by atoms with Crippen molar-refractivity contribution in [1.82, 2.24) is 9.80 Å². The molecule has 1 N–H and O–H groups in total. The zero-order valence-electron chi connectivity index (χ0n) is 15.9. The minimum Gasteiger partial charge on any atom is -0.467 e. The van der Waals surface area contributed by atoms with Crippen LogP contribution in [0, 0.1) is 5.92 Å². The second-order valence-corrected chi connectivity index (χ2v) is 8.14. The SMILES string of the molecule is CC1CCN(CCCN(Cc2ccco2)C(=S)Nc2ccc(Cl)cc2)CC1. The Morgan fingerprint density at radius 2 is 2.00 bits per heavy atom. The third-order valence-electron chi connectivity index (χ3n) is 5.09. The van der Waals surface area contributed by atoms with Crippen LogP contribution in [0.15, 0.2) is 47.1 Å². The maximum atomic E-state index is 5.97. The fourth-order valence-electron chi connectivity index (χ4n) is 3.35. The van der Waals surface area contributed by atoms with Crippen molar-refractivity contribution in [3.8, 4) is 0 Å². The summed E-state index contributed by atoms with van der Waals surface area (Å²) in [6.07, 6.45) is 5.41. The van der Waals surface area contributed by atoms with E-state index in [0.717, 1.165) is 41.9 Å². The topological polar surface area (TPSA) is 31.6 Å². The maximum Gasteiger partial charge on any atom is 0.173 e. The number of hydrogen-bond donors (Lipinski definition) is 1. The number of hydrogen-bond acceptors (Lipinski definition) is 3. The number of nitrogens with zero attached hydrogens (tertiary/aromatic N) is 2. The molecule has 0 bridgehead atoms. The zero-order chi connectivity index (χ0) is 19.1. The third-order valence-corrected chi connectivity index (χ3v) is 5.70. The lowest BCUT2D eigenvalue weighted by Gasteiger charge is -2.31. The molecular formula is C21H28ClN3OS. The van der Waals surface area contributed by atoms with Crippen molar-refractivity contribution in [2.75, 3.05) is 31.5 Å². The molecule has 1 aromatic heterocycles. The first-order chi connectivity index (χ1) is 13.1. The van der Waals surface area contributed by atoms with E-state index < -0.39 is 0 Å². The van der Waals surface area contributed by atoms with Gasteiger partial charge in [-0.3, -0.25) is 0 Å². The van der Waals surface area contributed by atoms with Crippen LogP contribution in [0.1, 0.15) is 31.9 Å². The molecule has 1 aliphatic rings. The molecular weight excluding hydrogens is 378 g/mol. The molecule has 0 unspecified atom stereocenters. The zero-order valence-corrected chi connectivity index (χ0v) is 17.4. The van der Waals surface area contributed by atoms with Crippen LogP contribution in [0.4, 0.5) is 5.69 Å². The summed E-state index contributed by atoms with van der Waals surface area (Å²) < 4.78 is 5.53. The van der Waals surface area contributed by atoms with Gasteiger partial charge in [0.25, 0.3) is 0 Å². The predicted molar refractivity (Wildman–Crippen MR) is 116 cm³/mol. The second-order valence-electron chi connectivity index (χ2n) is 7.32. The lowest BCUT2D eigenvalue weighted by molar-refractivity contribution is 0.185. The van der Waals surface area contributed by atoms with Crippen LogP contribution < -0.4 is 5.32 Å². The van der Waals surface area contributed by atoms with E-state index in [-0.39, 0.29) is 0 Å². The third kappa shape index (κ3) is 6.52. The summed E-state index contributed by atoms with van der Waals surface area (Å²) in [5.41, 5.74) is 0.943. The van der Waals surface area contributed by atoms with Gasteiger partial charge in [0.05, 0.1) is 12.8 Å². The number of likely N-dealkylation sites (tertiary alicyclic amines) is 1. The average molecular weight is 406 g/mol. The van der Waals surface area contributed by atoms with Gasteiger partial charge in [0.15, 0.2) is 5.11 Å². The second kappa shape index (κ2) is 10.1. The largest absolute Gasteiger partial charge is 0.467 e. The molecule has 1 aliphatic heterocycles. The number of anilines is 1. The first-order valence-corrected chi connectivity index (χ1v) is 10.4. The number of thiocarbonyl (C=S) groups is 1. The fraction of sp³-hybridized carbons (Fsp3) is 0.476. The molecule has 0 amide bonds. The fourth-order valence-corrected chi connectivity index (χ4v) is 3.75. The van der Waals surface area contributed by atoms with E-state index >= 15 is 0 Å². The van der Waals surface area contributed by atoms with Gasteiger partial charge in [0.2, 0.25) is 0 Å². The van der Waals surface area contributed by atoms with Crippen LogP contribution in [0.3, 0.4) is 0 Å². The van der Waals surface area contributed by atoms with Crippen molar-refractivity contribution in [3.63, 3.8) is 0 Å². The van der Waals surface area contributed by atoms with Crippen LogP contribution in [-0.2, 0) is 6.54 Å². The van der Waals surface area contributed by atoms with Crippen LogP contribution >= 0.6 is 23.8 Å². The van der Waals surface area contributed by atoms with E-state index in [1.54, 1.807) is 6.26 Å². The highest BCUT2D eigenvalue weighted by molar-refractivity contribution is 7.80. The molecule has 146 valence electrons. The van der Waals surface area contributed by atoms with E-state index in [1.165, 1.54) is 25.9 Å². The van der Waals surface area contributed by atoms with Crippen molar-refractivity contribution in [1.29, 1.82) is 0 Å². The number of nitrogens with one attached hydrogen (secondary N) is 1. The highest BCUT2D eigenvalue weighted by Crippen LogP contribution is 2.17. The van der Waals surface area contributed by atoms with Gasteiger partial charge in [-0.2, -0.15) is 0 Å². The van der Waals surface area contributed by atoms with Gasteiger partial charge in [-0.1, -0.05) is 18.5 Å². The molecule has 0 radical (unpaired) electrons. The van der Waals surface area contributed by atoms with Crippen molar-refractivity contribution in [2.45, 2.75) is 32.7 Å². The minimum absolute atomic E-state index is 0.670. The Kier molecular flexibility index (Phi) is 7.56. The monoisotopic (exact) mass is 405 g/mol. The molecule has 0 saturated carbocycles. The maximum absolute atomic E-state index is 5.97. The van der Waals surface area contributed by atoms with Gasteiger partial charge >= 0.3 is 0 Å². The van der Waals surface area contributed by atoms with Gasteiger partial charge in [0.1, 0.15) is 5.76 Å². The molecule has 27 heavy (non-hydrogen) atoms. The number of piperidine rings is 1. The van der Waals surface area contributed by atoms with Gasteiger partial charge in [-0.15, -0.1) is 0 Å². The molecule has 0 aliphatic carbocycles. The van der Waals surface area contributed by atoms with Gasteiger partial charge in [-0.05, 0) is 93.4 Å². The van der Waals surface area contributed by atoms with Crippen LogP contribution in [0.5, 0.6) is 0 Å². The van der Waals surface area contributed by atoms with Crippen molar-refractivity contribution < 1.29 is 4.42 Å². The van der Waals surface area contributed by atoms with E-state index in [4.69, 9.17) is 28.2 Å². The van der Waals surface area contributed by atoms with E-state index in [2.05, 4.69) is 22.0 Å². The molecule has 3 rings (SSSR count). The van der Waals surface area contributed by atoms with E-state index in [9.17, 15) is 0 Å². The van der Waals surface area contributed by atoms with Crippen molar-refractivity contribution in [3.05, 3.63) is 53.4 Å². The predicted octanol–water partition coefficient (Wildman–Crippen LogP) is 5.25. The summed E-state index contributed by atoms with van der Waals surface area (Å²) >= 11 is 11.6.